The number of esters is 3. The van der Waals surface area contributed by atoms with Crippen molar-refractivity contribution in [2.75, 3.05) is 13.2 Å². The van der Waals surface area contributed by atoms with Crippen molar-refractivity contribution < 1.29 is 28.6 Å². The van der Waals surface area contributed by atoms with Crippen LogP contribution in [0.15, 0.2) is 0 Å². The molecule has 0 aliphatic heterocycles. The number of hydrogen-bond donors (Lipinski definition) is 0. The van der Waals surface area contributed by atoms with Crippen LogP contribution in [0.25, 0.3) is 0 Å². The van der Waals surface area contributed by atoms with E-state index in [0.717, 1.165) is 69.6 Å². The van der Waals surface area contributed by atoms with E-state index in [9.17, 15) is 14.4 Å². The van der Waals surface area contributed by atoms with Crippen LogP contribution in [0.1, 0.15) is 330 Å². The molecule has 0 heterocycles. The molecule has 0 unspecified atom stereocenters. The predicted octanol–water partition coefficient (Wildman–Crippen LogP) is 19.3. The second-order valence-electron chi connectivity index (χ2n) is 21.2. The summed E-state index contributed by atoms with van der Waals surface area (Å²) in [5.41, 5.74) is 0. The van der Waals surface area contributed by atoms with E-state index in [-0.39, 0.29) is 31.1 Å². The molecule has 0 saturated heterocycles. The molecule has 0 fully saturated rings. The lowest BCUT2D eigenvalue weighted by atomic mass is 10.0. The smallest absolute Gasteiger partial charge is 0.306 e. The molecule has 0 amide bonds. The summed E-state index contributed by atoms with van der Waals surface area (Å²) in [6.45, 7) is 11.4. The molecule has 0 rings (SSSR count). The van der Waals surface area contributed by atoms with Crippen LogP contribution in [0.5, 0.6) is 0 Å². The average Bonchev–Trinajstić information content (AvgIpc) is 3.28. The summed E-state index contributed by atoms with van der Waals surface area (Å²) in [7, 11) is 0. The van der Waals surface area contributed by atoms with Crippen molar-refractivity contribution >= 4 is 17.9 Å². The summed E-state index contributed by atoms with van der Waals surface area (Å²) >= 11 is 0. The van der Waals surface area contributed by atoms with Crippen molar-refractivity contribution in [1.82, 2.24) is 0 Å². The van der Waals surface area contributed by atoms with Crippen LogP contribution in [0, 0.1) is 11.8 Å². The summed E-state index contributed by atoms with van der Waals surface area (Å²) in [5.74, 6) is 0.832. The lowest BCUT2D eigenvalue weighted by Crippen LogP contribution is -2.30. The number of carbonyl (C=O) groups is 3. The van der Waals surface area contributed by atoms with Gasteiger partial charge in [-0.3, -0.25) is 14.4 Å². The fraction of sp³-hybridized carbons (Fsp3) is 0.949. The Morgan fingerprint density at radius 2 is 0.508 bits per heavy atom. The first-order valence-electron chi connectivity index (χ1n) is 29.2. The van der Waals surface area contributed by atoms with E-state index < -0.39 is 6.10 Å². The highest BCUT2D eigenvalue weighted by Crippen LogP contribution is 2.18. The molecule has 0 radical (unpaired) electrons. The normalized spacial score (nSPS) is 12.0. The number of rotatable bonds is 53. The third-order valence-electron chi connectivity index (χ3n) is 13.5. The van der Waals surface area contributed by atoms with Crippen LogP contribution in [0.4, 0.5) is 0 Å². The van der Waals surface area contributed by atoms with Gasteiger partial charge in [0.1, 0.15) is 13.2 Å². The minimum Gasteiger partial charge on any atom is -0.462 e. The highest BCUT2D eigenvalue weighted by atomic mass is 16.6. The van der Waals surface area contributed by atoms with E-state index in [1.165, 1.54) is 218 Å². The highest BCUT2D eigenvalue weighted by molar-refractivity contribution is 5.71. The Morgan fingerprint density at radius 1 is 0.292 bits per heavy atom. The monoisotopic (exact) mass is 919 g/mol. The van der Waals surface area contributed by atoms with Crippen LogP contribution in [0.3, 0.4) is 0 Å². The van der Waals surface area contributed by atoms with Crippen molar-refractivity contribution in [3.8, 4) is 0 Å². The fourth-order valence-electron chi connectivity index (χ4n) is 9.05. The third kappa shape index (κ3) is 53.2. The van der Waals surface area contributed by atoms with Gasteiger partial charge in [-0.25, -0.2) is 0 Å². The van der Waals surface area contributed by atoms with Crippen molar-refractivity contribution in [1.29, 1.82) is 0 Å². The molecule has 0 aliphatic carbocycles. The van der Waals surface area contributed by atoms with Crippen LogP contribution >= 0.6 is 0 Å². The first-order chi connectivity index (χ1) is 31.7. The molecule has 0 N–H and O–H groups in total. The topological polar surface area (TPSA) is 78.9 Å². The van der Waals surface area contributed by atoms with Crippen LogP contribution < -0.4 is 0 Å². The Labute approximate surface area is 406 Å². The molecular formula is C59H114O6. The Kier molecular flexibility index (Phi) is 50.5. The molecule has 6 heteroatoms. The molecule has 0 aromatic rings. The minimum absolute atomic E-state index is 0.0626. The molecule has 1 atom stereocenters. The van der Waals surface area contributed by atoms with Crippen molar-refractivity contribution in [3.05, 3.63) is 0 Å². The van der Waals surface area contributed by atoms with Gasteiger partial charge in [0.05, 0.1) is 0 Å². The summed E-state index contributed by atoms with van der Waals surface area (Å²) in [6.07, 6.45) is 55.2. The van der Waals surface area contributed by atoms with Gasteiger partial charge in [-0.15, -0.1) is 0 Å². The summed E-state index contributed by atoms with van der Waals surface area (Å²) in [6, 6.07) is 0. The maximum absolute atomic E-state index is 12.9. The average molecular weight is 920 g/mol. The quantitative estimate of drug-likeness (QED) is 0.0344. The third-order valence-corrected chi connectivity index (χ3v) is 13.5. The van der Waals surface area contributed by atoms with Gasteiger partial charge in [0.2, 0.25) is 0 Å². The number of hydrogen-bond acceptors (Lipinski definition) is 6. The summed E-state index contributed by atoms with van der Waals surface area (Å²) < 4.78 is 16.9. The zero-order valence-corrected chi connectivity index (χ0v) is 44.6. The van der Waals surface area contributed by atoms with E-state index in [1.807, 2.05) is 0 Å². The molecule has 0 aromatic heterocycles. The molecule has 0 saturated carbocycles. The zero-order chi connectivity index (χ0) is 47.5. The second-order valence-corrected chi connectivity index (χ2v) is 21.2. The van der Waals surface area contributed by atoms with Crippen molar-refractivity contribution in [2.24, 2.45) is 11.8 Å². The maximum atomic E-state index is 12.9. The molecule has 0 bridgehead atoms. The van der Waals surface area contributed by atoms with E-state index in [1.54, 1.807) is 0 Å². The molecular weight excluding hydrogens is 805 g/mol. The van der Waals surface area contributed by atoms with Crippen molar-refractivity contribution in [2.45, 2.75) is 336 Å². The van der Waals surface area contributed by atoms with Gasteiger partial charge < -0.3 is 14.2 Å². The van der Waals surface area contributed by atoms with Crippen LogP contribution in [-0.4, -0.2) is 37.2 Å². The van der Waals surface area contributed by atoms with Gasteiger partial charge in [-0.2, -0.15) is 0 Å². The molecule has 0 spiro atoms. The van der Waals surface area contributed by atoms with Crippen LogP contribution in [-0.2, 0) is 28.6 Å². The summed E-state index contributed by atoms with van der Waals surface area (Å²) in [5, 5.41) is 0. The highest BCUT2D eigenvalue weighted by Gasteiger charge is 2.19. The zero-order valence-electron chi connectivity index (χ0n) is 44.6. The van der Waals surface area contributed by atoms with Crippen molar-refractivity contribution in [3.63, 3.8) is 0 Å². The lowest BCUT2D eigenvalue weighted by molar-refractivity contribution is -0.167. The van der Waals surface area contributed by atoms with E-state index in [4.69, 9.17) is 14.2 Å². The van der Waals surface area contributed by atoms with Gasteiger partial charge in [0, 0.05) is 19.3 Å². The Morgan fingerprint density at radius 3 is 0.754 bits per heavy atom. The van der Waals surface area contributed by atoms with E-state index in [0.29, 0.717) is 19.3 Å². The largest absolute Gasteiger partial charge is 0.462 e. The maximum Gasteiger partial charge on any atom is 0.306 e. The SMILES string of the molecule is CCCCCCCCCCCCCCCCCC(=O)OC[C@H](COC(=O)CCCCCCCCCCCCC(C)C)OC(=O)CCCCCCCCCCCCCCCCCCC(C)C. The molecule has 65 heavy (non-hydrogen) atoms. The number of ether oxygens (including phenoxy) is 3. The Hall–Kier alpha value is -1.59. The second kappa shape index (κ2) is 51.8. The lowest BCUT2D eigenvalue weighted by Gasteiger charge is -2.18. The Bertz CT molecular complexity index is 993. The molecule has 6 nitrogen and oxygen atoms in total. The molecule has 0 aliphatic rings. The van der Waals surface area contributed by atoms with Gasteiger partial charge in [0.15, 0.2) is 6.10 Å². The molecule has 386 valence electrons. The fourth-order valence-corrected chi connectivity index (χ4v) is 9.05. The Balaban J connectivity index is 4.28. The first kappa shape index (κ1) is 63.4. The first-order valence-corrected chi connectivity index (χ1v) is 29.2. The van der Waals surface area contributed by atoms with Gasteiger partial charge in [0.25, 0.3) is 0 Å². The number of carbonyl (C=O) groups excluding carboxylic acids is 3. The van der Waals surface area contributed by atoms with Crippen LogP contribution in [0.2, 0.25) is 0 Å². The van der Waals surface area contributed by atoms with Gasteiger partial charge in [-0.05, 0) is 31.1 Å². The van der Waals surface area contributed by atoms with Gasteiger partial charge >= 0.3 is 17.9 Å². The minimum atomic E-state index is -0.763. The van der Waals surface area contributed by atoms with Gasteiger partial charge in [-0.1, -0.05) is 291 Å². The number of unbranched alkanes of at least 4 members (excludes halogenated alkanes) is 38. The van der Waals surface area contributed by atoms with E-state index in [2.05, 4.69) is 34.6 Å². The predicted molar refractivity (Wildman–Crippen MR) is 280 cm³/mol. The molecule has 0 aromatic carbocycles. The standard InChI is InChI=1S/C59H114O6/c1-6-7-8-9-10-11-12-13-16-20-23-29-34-39-44-49-57(60)63-52-56(53-64-58(61)50-45-40-35-30-26-25-28-33-38-43-48-55(4)5)65-59(62)51-46-41-36-31-24-21-18-15-14-17-19-22-27-32-37-42-47-54(2)3/h54-56H,6-53H2,1-5H3/t56-/m1/s1. The summed E-state index contributed by atoms with van der Waals surface area (Å²) in [4.78, 5) is 38.1. The van der Waals surface area contributed by atoms with E-state index >= 15 is 0 Å².